The number of hydrogen-bond donors (Lipinski definition) is 2. The number of aromatic nitrogens is 1. The first kappa shape index (κ1) is 14.7. The van der Waals surface area contributed by atoms with Crippen LogP contribution in [0.5, 0.6) is 0 Å². The molecule has 23 heavy (non-hydrogen) atoms. The minimum Gasteiger partial charge on any atom is -0.481 e. The number of piperidine rings is 1. The van der Waals surface area contributed by atoms with Gasteiger partial charge in [-0.3, -0.25) is 9.69 Å². The Bertz CT molecular complexity index is 769. The van der Waals surface area contributed by atoms with Gasteiger partial charge in [-0.15, -0.1) is 0 Å². The van der Waals surface area contributed by atoms with Gasteiger partial charge in [-0.2, -0.15) is 0 Å². The topological polar surface area (TPSA) is 65.6 Å². The molecule has 5 heteroatoms. The quantitative estimate of drug-likeness (QED) is 0.913. The number of benzene rings is 1. The highest BCUT2D eigenvalue weighted by Gasteiger charge is 2.51. The Morgan fingerprint density at radius 3 is 3.09 bits per heavy atom. The molecule has 2 heterocycles. The van der Waals surface area contributed by atoms with Crippen LogP contribution in [0.2, 0.25) is 0 Å². The Labute approximate surface area is 135 Å². The zero-order valence-corrected chi connectivity index (χ0v) is 13.5. The summed E-state index contributed by atoms with van der Waals surface area (Å²) in [5, 5.41) is 10.5. The highest BCUT2D eigenvalue weighted by atomic mass is 16.5. The van der Waals surface area contributed by atoms with E-state index in [0.29, 0.717) is 0 Å². The van der Waals surface area contributed by atoms with Gasteiger partial charge in [0.15, 0.2) is 0 Å². The van der Waals surface area contributed by atoms with Crippen molar-refractivity contribution in [2.45, 2.75) is 30.9 Å². The van der Waals surface area contributed by atoms with Crippen molar-refractivity contribution in [2.75, 3.05) is 20.7 Å². The lowest BCUT2D eigenvalue weighted by Crippen LogP contribution is -2.59. The van der Waals surface area contributed by atoms with Crippen molar-refractivity contribution in [2.24, 2.45) is 5.92 Å². The average molecular weight is 314 g/mol. The van der Waals surface area contributed by atoms with Crippen molar-refractivity contribution in [3.8, 4) is 0 Å². The number of nitrogens with zero attached hydrogens (tertiary/aromatic N) is 1. The van der Waals surface area contributed by atoms with Crippen molar-refractivity contribution < 1.29 is 14.6 Å². The minimum absolute atomic E-state index is 0.101. The van der Waals surface area contributed by atoms with Gasteiger partial charge in [0.1, 0.15) is 5.60 Å². The van der Waals surface area contributed by atoms with Gasteiger partial charge in [-0.05, 0) is 43.0 Å². The monoisotopic (exact) mass is 314 g/mol. The maximum Gasteiger partial charge on any atom is 0.303 e. The molecule has 122 valence electrons. The van der Waals surface area contributed by atoms with Crippen molar-refractivity contribution >= 4 is 16.9 Å². The number of aromatic amines is 1. The summed E-state index contributed by atoms with van der Waals surface area (Å²) in [5.74, 6) is -0.631. The summed E-state index contributed by atoms with van der Waals surface area (Å²) in [6, 6.07) is 6.54. The van der Waals surface area contributed by atoms with E-state index in [1.807, 2.05) is 0 Å². The predicted molar refractivity (Wildman–Crippen MR) is 87.5 cm³/mol. The first-order chi connectivity index (χ1) is 11.0. The molecule has 1 fully saturated rings. The summed E-state index contributed by atoms with van der Waals surface area (Å²) in [4.78, 5) is 16.9. The number of H-pyrrole nitrogens is 1. The Morgan fingerprint density at radius 1 is 1.52 bits per heavy atom. The summed E-state index contributed by atoms with van der Waals surface area (Å²) in [5.41, 5.74) is 3.24. The van der Waals surface area contributed by atoms with E-state index in [2.05, 4.69) is 41.3 Å². The third-order valence-electron chi connectivity index (χ3n) is 5.69. The number of ether oxygens (including phenoxy) is 1. The zero-order chi connectivity index (χ0) is 16.2. The van der Waals surface area contributed by atoms with Gasteiger partial charge >= 0.3 is 5.97 Å². The number of fused-ring (bicyclic) bond motifs is 2. The molecule has 1 aromatic carbocycles. The van der Waals surface area contributed by atoms with E-state index < -0.39 is 11.6 Å². The smallest absolute Gasteiger partial charge is 0.303 e. The lowest BCUT2D eigenvalue weighted by Gasteiger charge is -2.53. The average Bonchev–Trinajstić information content (AvgIpc) is 2.93. The zero-order valence-electron chi connectivity index (χ0n) is 13.5. The summed E-state index contributed by atoms with van der Waals surface area (Å²) < 4.78 is 6.13. The molecule has 1 saturated heterocycles. The fraction of sp³-hybridized carbons (Fsp3) is 0.500. The number of carboxylic acids is 1. The van der Waals surface area contributed by atoms with Gasteiger partial charge in [0, 0.05) is 43.2 Å². The number of likely N-dealkylation sites (tertiary alicyclic amines) is 1. The van der Waals surface area contributed by atoms with Crippen LogP contribution in [0.25, 0.3) is 10.9 Å². The van der Waals surface area contributed by atoms with E-state index in [4.69, 9.17) is 4.74 Å². The van der Waals surface area contributed by atoms with Crippen LogP contribution in [-0.2, 0) is 21.6 Å². The largest absolute Gasteiger partial charge is 0.481 e. The molecule has 0 bridgehead atoms. The van der Waals surface area contributed by atoms with Crippen molar-refractivity contribution in [3.63, 3.8) is 0 Å². The van der Waals surface area contributed by atoms with Gasteiger partial charge in [0.05, 0.1) is 0 Å². The summed E-state index contributed by atoms with van der Waals surface area (Å²) in [6.45, 7) is 0.803. The fourth-order valence-electron chi connectivity index (χ4n) is 4.82. The molecule has 0 saturated carbocycles. The van der Waals surface area contributed by atoms with Crippen molar-refractivity contribution in [1.29, 1.82) is 0 Å². The molecule has 2 aliphatic rings. The normalized spacial score (nSPS) is 30.3. The second kappa shape index (κ2) is 5.08. The van der Waals surface area contributed by atoms with E-state index in [9.17, 15) is 9.90 Å². The molecule has 0 radical (unpaired) electrons. The van der Waals surface area contributed by atoms with E-state index in [1.54, 1.807) is 7.11 Å². The second-order valence-electron chi connectivity index (χ2n) is 6.96. The number of methoxy groups -OCH3 is 1. The summed E-state index contributed by atoms with van der Waals surface area (Å²) in [6.07, 6.45) is 3.98. The van der Waals surface area contributed by atoms with Crippen molar-refractivity contribution in [3.05, 3.63) is 35.5 Å². The van der Waals surface area contributed by atoms with E-state index in [0.717, 1.165) is 24.9 Å². The maximum atomic E-state index is 11.2. The Hall–Kier alpha value is -1.85. The van der Waals surface area contributed by atoms with Gasteiger partial charge < -0.3 is 14.8 Å². The van der Waals surface area contributed by atoms with Crippen LogP contribution in [0.1, 0.15) is 24.0 Å². The number of hydrogen-bond acceptors (Lipinski definition) is 3. The van der Waals surface area contributed by atoms with Crippen LogP contribution >= 0.6 is 0 Å². The molecule has 1 aromatic heterocycles. The molecule has 2 N–H and O–H groups in total. The molecule has 5 nitrogen and oxygen atoms in total. The van der Waals surface area contributed by atoms with Gasteiger partial charge in [-0.1, -0.05) is 12.1 Å². The molecule has 1 aliphatic heterocycles. The van der Waals surface area contributed by atoms with Crippen molar-refractivity contribution in [1.82, 2.24) is 9.88 Å². The van der Waals surface area contributed by atoms with Gasteiger partial charge in [0.25, 0.3) is 0 Å². The van der Waals surface area contributed by atoms with Crippen LogP contribution in [0, 0.1) is 5.92 Å². The molecule has 0 amide bonds. The Balaban J connectivity index is 1.87. The Morgan fingerprint density at radius 2 is 2.35 bits per heavy atom. The Kier molecular flexibility index (Phi) is 3.25. The highest BCUT2D eigenvalue weighted by Crippen LogP contribution is 2.49. The predicted octanol–water partition coefficient (Wildman–Crippen LogP) is 2.36. The van der Waals surface area contributed by atoms with Crippen LogP contribution in [0.4, 0.5) is 0 Å². The lowest BCUT2D eigenvalue weighted by molar-refractivity contribution is -0.146. The molecule has 3 atom stereocenters. The van der Waals surface area contributed by atoms with E-state index >= 15 is 0 Å². The molecule has 0 spiro atoms. The van der Waals surface area contributed by atoms with Crippen LogP contribution < -0.4 is 0 Å². The lowest BCUT2D eigenvalue weighted by atomic mass is 9.68. The molecule has 2 aromatic rings. The standard InChI is InChI=1S/C18H22N2O3/c1-20-10-11(6-16(21)22)8-18(23-2)13-4-3-5-14-17(13)12(9-19-14)7-15(18)20/h3-5,9,11,15,19H,6-8,10H2,1-2H3,(H,21,22)/t11-,15+,18-/m0/s1. The number of rotatable bonds is 3. The maximum absolute atomic E-state index is 11.2. The van der Waals surface area contributed by atoms with E-state index in [1.165, 1.54) is 16.5 Å². The number of aliphatic carboxylic acids is 1. The first-order valence-corrected chi connectivity index (χ1v) is 8.12. The number of likely N-dealkylation sites (N-methyl/N-ethyl adjacent to an activating group) is 1. The molecular weight excluding hydrogens is 292 g/mol. The molecule has 0 unspecified atom stereocenters. The first-order valence-electron chi connectivity index (χ1n) is 8.12. The fourth-order valence-corrected chi connectivity index (χ4v) is 4.82. The number of nitrogens with one attached hydrogen (secondary N) is 1. The SMILES string of the molecule is CO[C@]12C[C@H](CC(=O)O)CN(C)[C@@H]1Cc1c[nH]c3cccc2c13. The van der Waals surface area contributed by atoms with Gasteiger partial charge in [-0.25, -0.2) is 0 Å². The molecule has 1 aliphatic carbocycles. The van der Waals surface area contributed by atoms with Crippen LogP contribution in [0.15, 0.2) is 24.4 Å². The third-order valence-corrected chi connectivity index (χ3v) is 5.69. The minimum atomic E-state index is -0.732. The molecular formula is C18H22N2O3. The number of carboxylic acid groups (broad SMARTS) is 1. The number of carbonyl (C=O) groups is 1. The third kappa shape index (κ3) is 2.03. The summed E-state index contributed by atoms with van der Waals surface area (Å²) >= 11 is 0. The molecule has 4 rings (SSSR count). The van der Waals surface area contributed by atoms with Crippen LogP contribution in [0.3, 0.4) is 0 Å². The van der Waals surface area contributed by atoms with Gasteiger partial charge in [0.2, 0.25) is 0 Å². The van der Waals surface area contributed by atoms with E-state index in [-0.39, 0.29) is 18.4 Å². The highest BCUT2D eigenvalue weighted by molar-refractivity contribution is 5.88. The second-order valence-corrected chi connectivity index (χ2v) is 6.96. The van der Waals surface area contributed by atoms with Crippen LogP contribution in [-0.4, -0.2) is 47.7 Å². The summed E-state index contributed by atoms with van der Waals surface area (Å²) in [7, 11) is 3.85.